The van der Waals surface area contributed by atoms with Gasteiger partial charge in [-0.3, -0.25) is 0 Å². The molecule has 0 atom stereocenters. The number of rotatable bonds is 3. The molecule has 0 saturated heterocycles. The van der Waals surface area contributed by atoms with Crippen LogP contribution in [0.1, 0.15) is 19.4 Å². The highest BCUT2D eigenvalue weighted by Gasteiger charge is 2.47. The van der Waals surface area contributed by atoms with E-state index in [1.165, 1.54) is 6.07 Å². The van der Waals surface area contributed by atoms with Gasteiger partial charge in [-0.15, -0.1) is 0 Å². The van der Waals surface area contributed by atoms with Gasteiger partial charge in [0.1, 0.15) is 0 Å². The van der Waals surface area contributed by atoms with Crippen LogP contribution in [0.5, 0.6) is 0 Å². The van der Waals surface area contributed by atoms with Gasteiger partial charge in [0.15, 0.2) is 0 Å². The first-order valence-corrected chi connectivity index (χ1v) is 6.61. The summed E-state index contributed by atoms with van der Waals surface area (Å²) in [5.74, 6) is 0. The maximum atomic E-state index is 12.4. The Hall–Kier alpha value is -1.08. The molecule has 0 aliphatic carbocycles. The Morgan fingerprint density at radius 1 is 1.17 bits per heavy atom. The van der Waals surface area contributed by atoms with Crippen LogP contribution in [-0.4, -0.2) is 21.0 Å². The van der Waals surface area contributed by atoms with Crippen LogP contribution in [0.25, 0.3) is 0 Å². The van der Waals surface area contributed by atoms with Gasteiger partial charge in [-0.05, 0) is 38.6 Å². The molecule has 3 nitrogen and oxygen atoms in total. The average molecular weight is 281 g/mol. The van der Waals surface area contributed by atoms with Crippen LogP contribution in [0, 0.1) is 0 Å². The molecule has 0 fully saturated rings. The number of sulfone groups is 1. The summed E-state index contributed by atoms with van der Waals surface area (Å²) in [6.07, 6.45) is 0. The van der Waals surface area contributed by atoms with Crippen LogP contribution < -0.4 is 5.32 Å². The van der Waals surface area contributed by atoms with Gasteiger partial charge in [0.05, 0.1) is 4.90 Å². The van der Waals surface area contributed by atoms with E-state index in [1.54, 1.807) is 27.0 Å². The van der Waals surface area contributed by atoms with Gasteiger partial charge in [0, 0.05) is 5.54 Å². The minimum Gasteiger partial charge on any atom is -0.311 e. The van der Waals surface area contributed by atoms with Crippen LogP contribution in [-0.2, 0) is 15.4 Å². The van der Waals surface area contributed by atoms with E-state index in [0.717, 1.165) is 12.1 Å². The van der Waals surface area contributed by atoms with Crippen molar-refractivity contribution in [2.45, 2.75) is 29.8 Å². The smallest absolute Gasteiger partial charge is 0.311 e. The summed E-state index contributed by atoms with van der Waals surface area (Å²) >= 11 is 0. The fourth-order valence-electron chi connectivity index (χ4n) is 1.33. The maximum absolute atomic E-state index is 12.4. The molecule has 0 bridgehead atoms. The lowest BCUT2D eigenvalue weighted by Crippen LogP contribution is -2.33. The van der Waals surface area contributed by atoms with Crippen LogP contribution in [0.2, 0.25) is 0 Å². The molecule has 0 heterocycles. The molecule has 1 aromatic carbocycles. The molecule has 102 valence electrons. The first-order chi connectivity index (χ1) is 8.02. The number of hydrogen-bond acceptors (Lipinski definition) is 3. The van der Waals surface area contributed by atoms with Crippen LogP contribution in [0.15, 0.2) is 29.2 Å². The largest absolute Gasteiger partial charge is 0.501 e. The standard InChI is InChI=1S/C11H14F3NO2S/c1-10(2,15-3)8-5-4-6-9(7-8)18(16,17)11(12,13)14/h4-7,15H,1-3H3. The van der Waals surface area contributed by atoms with Crippen molar-refractivity contribution in [2.75, 3.05) is 7.05 Å². The molecular weight excluding hydrogens is 267 g/mol. The van der Waals surface area contributed by atoms with Gasteiger partial charge in [-0.1, -0.05) is 12.1 Å². The first-order valence-electron chi connectivity index (χ1n) is 5.13. The molecule has 0 aromatic heterocycles. The Balaban J connectivity index is 3.36. The molecule has 1 rings (SSSR count). The zero-order valence-corrected chi connectivity index (χ0v) is 11.0. The van der Waals surface area contributed by atoms with Crippen molar-refractivity contribution in [3.8, 4) is 0 Å². The fraction of sp³-hybridized carbons (Fsp3) is 0.455. The highest BCUT2D eigenvalue weighted by atomic mass is 32.2. The molecule has 1 aromatic rings. The molecule has 0 spiro atoms. The number of benzene rings is 1. The van der Waals surface area contributed by atoms with Crippen molar-refractivity contribution in [2.24, 2.45) is 0 Å². The van der Waals surface area contributed by atoms with Crippen molar-refractivity contribution in [1.82, 2.24) is 5.32 Å². The van der Waals surface area contributed by atoms with E-state index in [9.17, 15) is 21.6 Å². The Bertz CT molecular complexity index is 535. The van der Waals surface area contributed by atoms with Crippen molar-refractivity contribution in [1.29, 1.82) is 0 Å². The van der Waals surface area contributed by atoms with Gasteiger partial charge in [-0.25, -0.2) is 8.42 Å². The number of alkyl halides is 3. The topological polar surface area (TPSA) is 46.2 Å². The highest BCUT2D eigenvalue weighted by molar-refractivity contribution is 7.92. The van der Waals surface area contributed by atoms with E-state index < -0.39 is 25.8 Å². The lowest BCUT2D eigenvalue weighted by atomic mass is 9.95. The van der Waals surface area contributed by atoms with E-state index in [-0.39, 0.29) is 0 Å². The summed E-state index contributed by atoms with van der Waals surface area (Å²) < 4.78 is 59.8. The third kappa shape index (κ3) is 2.67. The van der Waals surface area contributed by atoms with E-state index >= 15 is 0 Å². The predicted octanol–water partition coefficient (Wildman–Crippen LogP) is 2.43. The van der Waals surface area contributed by atoms with Crippen molar-refractivity contribution < 1.29 is 21.6 Å². The Kier molecular flexibility index (Phi) is 3.78. The van der Waals surface area contributed by atoms with Gasteiger partial charge in [0.2, 0.25) is 0 Å². The molecule has 0 radical (unpaired) electrons. The second kappa shape index (κ2) is 4.55. The second-order valence-electron chi connectivity index (χ2n) is 4.35. The molecule has 7 heteroatoms. The van der Waals surface area contributed by atoms with Crippen molar-refractivity contribution in [3.63, 3.8) is 0 Å². The highest BCUT2D eigenvalue weighted by Crippen LogP contribution is 2.32. The maximum Gasteiger partial charge on any atom is 0.501 e. The van der Waals surface area contributed by atoms with E-state index in [4.69, 9.17) is 0 Å². The van der Waals surface area contributed by atoms with Gasteiger partial charge < -0.3 is 5.32 Å². The van der Waals surface area contributed by atoms with Crippen molar-refractivity contribution in [3.05, 3.63) is 29.8 Å². The Morgan fingerprint density at radius 3 is 2.17 bits per heavy atom. The monoisotopic (exact) mass is 281 g/mol. The minimum absolute atomic E-state index is 0.468. The van der Waals surface area contributed by atoms with Crippen LogP contribution >= 0.6 is 0 Å². The van der Waals surface area contributed by atoms with Crippen LogP contribution in [0.4, 0.5) is 13.2 Å². The third-order valence-electron chi connectivity index (χ3n) is 2.80. The summed E-state index contributed by atoms with van der Waals surface area (Å²) in [5, 5.41) is 2.90. The predicted molar refractivity (Wildman–Crippen MR) is 61.8 cm³/mol. The summed E-state index contributed by atoms with van der Waals surface area (Å²) in [7, 11) is -3.65. The SMILES string of the molecule is CNC(C)(C)c1cccc(S(=O)(=O)C(F)(F)F)c1. The Morgan fingerprint density at radius 2 is 1.72 bits per heavy atom. The Labute approximate surface area is 104 Å². The van der Waals surface area contributed by atoms with Crippen molar-refractivity contribution >= 4 is 9.84 Å². The number of hydrogen-bond donors (Lipinski definition) is 1. The fourth-order valence-corrected chi connectivity index (χ4v) is 2.14. The molecule has 18 heavy (non-hydrogen) atoms. The summed E-state index contributed by atoms with van der Waals surface area (Å²) in [4.78, 5) is -0.740. The van der Waals surface area contributed by atoms with E-state index in [0.29, 0.717) is 5.56 Å². The number of halogens is 3. The molecular formula is C11H14F3NO2S. The summed E-state index contributed by atoms with van der Waals surface area (Å²) in [6, 6.07) is 4.86. The number of nitrogens with one attached hydrogen (secondary N) is 1. The molecule has 0 aliphatic rings. The molecule has 0 unspecified atom stereocenters. The van der Waals surface area contributed by atoms with E-state index in [2.05, 4.69) is 5.32 Å². The van der Waals surface area contributed by atoms with E-state index in [1.807, 2.05) is 0 Å². The van der Waals surface area contributed by atoms with Crippen LogP contribution in [0.3, 0.4) is 0 Å². The van der Waals surface area contributed by atoms with Gasteiger partial charge >= 0.3 is 5.51 Å². The second-order valence-corrected chi connectivity index (χ2v) is 6.29. The molecule has 0 aliphatic heterocycles. The quantitative estimate of drug-likeness (QED) is 0.925. The average Bonchev–Trinajstić information content (AvgIpc) is 2.27. The van der Waals surface area contributed by atoms with Gasteiger partial charge in [-0.2, -0.15) is 13.2 Å². The normalized spacial score (nSPS) is 13.7. The molecule has 0 saturated carbocycles. The molecule has 1 N–H and O–H groups in total. The molecule has 0 amide bonds. The zero-order valence-electron chi connectivity index (χ0n) is 10.2. The first kappa shape index (κ1) is 15.0. The summed E-state index contributed by atoms with van der Waals surface area (Å²) in [5.41, 5.74) is -5.43. The lowest BCUT2D eigenvalue weighted by molar-refractivity contribution is -0.0436. The lowest BCUT2D eigenvalue weighted by Gasteiger charge is -2.25. The van der Waals surface area contributed by atoms with Gasteiger partial charge in [0.25, 0.3) is 9.84 Å². The zero-order chi connectivity index (χ0) is 14.2. The summed E-state index contributed by atoms with van der Waals surface area (Å²) in [6.45, 7) is 3.48. The third-order valence-corrected chi connectivity index (χ3v) is 4.28. The minimum atomic E-state index is -5.30.